The van der Waals surface area contributed by atoms with Crippen LogP contribution in [0.2, 0.25) is 0 Å². The summed E-state index contributed by atoms with van der Waals surface area (Å²) in [5.74, 6) is 0.649. The lowest BCUT2D eigenvalue weighted by Crippen LogP contribution is -1.96. The van der Waals surface area contributed by atoms with Crippen LogP contribution in [0.4, 0.5) is 0 Å². The third-order valence-corrected chi connectivity index (χ3v) is 5.39. The summed E-state index contributed by atoms with van der Waals surface area (Å²) < 4.78 is 3.14. The van der Waals surface area contributed by atoms with Gasteiger partial charge in [0.2, 0.25) is 10.6 Å². The third kappa shape index (κ3) is 2.38. The first-order valence-corrected chi connectivity index (χ1v) is 8.78. The van der Waals surface area contributed by atoms with Crippen molar-refractivity contribution in [2.75, 3.05) is 0 Å². The monoisotopic (exact) mass is 394 g/mol. The summed E-state index contributed by atoms with van der Waals surface area (Å²) in [6.07, 6.45) is 4.98. The average Bonchev–Trinajstić information content (AvgIpc) is 3.22. The molecule has 112 valence electrons. The Morgan fingerprint density at radius 2 is 2.23 bits per heavy atom. The summed E-state index contributed by atoms with van der Waals surface area (Å²) in [5, 5.41) is 19.0. The van der Waals surface area contributed by atoms with Gasteiger partial charge in [0.15, 0.2) is 0 Å². The number of nitrogens with one attached hydrogen (secondary N) is 2. The van der Waals surface area contributed by atoms with Gasteiger partial charge in [-0.1, -0.05) is 0 Å². The highest BCUT2D eigenvalue weighted by molar-refractivity contribution is 9.11. The number of halogens is 1. The fourth-order valence-corrected chi connectivity index (χ4v) is 4.04. The Bertz CT molecular complexity index is 915. The molecule has 2 N–H and O–H groups in total. The zero-order valence-electron chi connectivity index (χ0n) is 11.3. The Morgan fingerprint density at radius 1 is 1.32 bits per heavy atom. The molecule has 0 amide bonds. The minimum atomic E-state index is 0.455. The molecule has 0 radical (unpaired) electrons. The normalized spacial score (nSPS) is 14.0. The Morgan fingerprint density at radius 3 is 3.05 bits per heavy atom. The van der Waals surface area contributed by atoms with Gasteiger partial charge in [0.25, 0.3) is 0 Å². The van der Waals surface area contributed by atoms with Crippen molar-refractivity contribution in [1.82, 2.24) is 25.1 Å². The van der Waals surface area contributed by atoms with Crippen LogP contribution in [-0.2, 0) is 12.8 Å². The number of thiophene rings is 1. The number of hydrogen-bond acceptors (Lipinski definition) is 5. The Kier molecular flexibility index (Phi) is 3.55. The number of rotatable bonds is 3. The molecule has 0 bridgehead atoms. The predicted octanol–water partition coefficient (Wildman–Crippen LogP) is 3.53. The van der Waals surface area contributed by atoms with E-state index in [2.05, 4.69) is 41.4 Å². The minimum Gasteiger partial charge on any atom is -0.282 e. The zero-order chi connectivity index (χ0) is 15.1. The van der Waals surface area contributed by atoms with E-state index >= 15 is 0 Å². The predicted molar refractivity (Wildman–Crippen MR) is 92.0 cm³/mol. The molecule has 6 nitrogen and oxygen atoms in total. The molecule has 0 saturated carbocycles. The quantitative estimate of drug-likeness (QED) is 0.526. The molecule has 1 aliphatic carbocycles. The van der Waals surface area contributed by atoms with Gasteiger partial charge in [-0.05, 0) is 59.5 Å². The highest BCUT2D eigenvalue weighted by Gasteiger charge is 2.23. The molecule has 9 heteroatoms. The van der Waals surface area contributed by atoms with Crippen molar-refractivity contribution in [2.45, 2.75) is 19.3 Å². The van der Waals surface area contributed by atoms with E-state index < -0.39 is 0 Å². The standard InChI is InChI=1S/C13H11BrN6S2/c14-10-5-4-7(22-10)6-15-20-12(18-19-13(20)21)11-8-2-1-3-9(8)16-17-11/h4-6H,1-3H2,(H,16,17)(H,19,21). The fraction of sp³-hybridized carbons (Fsp3) is 0.231. The number of aromatic amines is 2. The van der Waals surface area contributed by atoms with Gasteiger partial charge in [0, 0.05) is 16.1 Å². The second-order valence-electron chi connectivity index (χ2n) is 4.93. The van der Waals surface area contributed by atoms with Crippen LogP contribution in [0.5, 0.6) is 0 Å². The van der Waals surface area contributed by atoms with Crippen molar-refractivity contribution in [3.05, 3.63) is 36.8 Å². The van der Waals surface area contributed by atoms with E-state index in [-0.39, 0.29) is 0 Å². The lowest BCUT2D eigenvalue weighted by atomic mass is 10.2. The van der Waals surface area contributed by atoms with E-state index in [0.717, 1.165) is 33.6 Å². The van der Waals surface area contributed by atoms with Crippen LogP contribution in [0.25, 0.3) is 11.5 Å². The van der Waals surface area contributed by atoms with Crippen molar-refractivity contribution in [1.29, 1.82) is 0 Å². The molecule has 3 aromatic heterocycles. The molecule has 0 aromatic carbocycles. The molecule has 0 spiro atoms. The fourth-order valence-electron chi connectivity index (χ4n) is 2.57. The summed E-state index contributed by atoms with van der Waals surface area (Å²) in [5.41, 5.74) is 3.26. The number of H-pyrrole nitrogens is 2. The first kappa shape index (κ1) is 14.0. The molecule has 0 fully saturated rings. The zero-order valence-corrected chi connectivity index (χ0v) is 14.6. The van der Waals surface area contributed by atoms with Gasteiger partial charge >= 0.3 is 0 Å². The molecular weight excluding hydrogens is 384 g/mol. The SMILES string of the molecule is S=c1[nH]nc(-c2n[nH]c3c2CCC3)n1N=Cc1ccc(Br)s1. The molecular formula is C13H11BrN6S2. The second-order valence-corrected chi connectivity index (χ2v) is 7.81. The summed E-state index contributed by atoms with van der Waals surface area (Å²) in [7, 11) is 0. The second kappa shape index (κ2) is 5.56. The molecule has 4 rings (SSSR count). The summed E-state index contributed by atoms with van der Waals surface area (Å²) in [4.78, 5) is 1.04. The van der Waals surface area contributed by atoms with E-state index in [1.54, 1.807) is 22.2 Å². The molecule has 3 heterocycles. The van der Waals surface area contributed by atoms with E-state index in [1.165, 1.54) is 11.3 Å². The number of nitrogens with zero attached hydrogens (tertiary/aromatic N) is 4. The van der Waals surface area contributed by atoms with Crippen molar-refractivity contribution in [2.24, 2.45) is 5.10 Å². The van der Waals surface area contributed by atoms with E-state index in [1.807, 2.05) is 12.1 Å². The number of fused-ring (bicyclic) bond motifs is 1. The van der Waals surface area contributed by atoms with Gasteiger partial charge < -0.3 is 0 Å². The molecule has 22 heavy (non-hydrogen) atoms. The van der Waals surface area contributed by atoms with E-state index in [0.29, 0.717) is 10.6 Å². The van der Waals surface area contributed by atoms with Gasteiger partial charge in [-0.25, -0.2) is 5.10 Å². The maximum Gasteiger partial charge on any atom is 0.216 e. The first-order valence-electron chi connectivity index (χ1n) is 6.76. The Labute approximate surface area is 143 Å². The van der Waals surface area contributed by atoms with Gasteiger partial charge in [0.1, 0.15) is 5.69 Å². The van der Waals surface area contributed by atoms with Crippen molar-refractivity contribution in [3.63, 3.8) is 0 Å². The molecule has 0 saturated heterocycles. The Hall–Kier alpha value is -1.58. The van der Waals surface area contributed by atoms with Crippen LogP contribution in [0.15, 0.2) is 21.0 Å². The summed E-state index contributed by atoms with van der Waals surface area (Å²) >= 11 is 10.3. The number of aryl methyl sites for hydroxylation is 1. The maximum absolute atomic E-state index is 5.28. The number of hydrogen-bond donors (Lipinski definition) is 2. The van der Waals surface area contributed by atoms with Gasteiger partial charge in [-0.15, -0.1) is 11.3 Å². The molecule has 3 aromatic rings. The van der Waals surface area contributed by atoms with E-state index in [9.17, 15) is 0 Å². The molecule has 0 aliphatic heterocycles. The first-order chi connectivity index (χ1) is 10.7. The largest absolute Gasteiger partial charge is 0.282 e. The van der Waals surface area contributed by atoms with E-state index in [4.69, 9.17) is 12.2 Å². The molecule has 0 atom stereocenters. The van der Waals surface area contributed by atoms with Crippen molar-refractivity contribution in [3.8, 4) is 11.5 Å². The van der Waals surface area contributed by atoms with Crippen LogP contribution in [0.3, 0.4) is 0 Å². The van der Waals surface area contributed by atoms with Crippen LogP contribution in [0, 0.1) is 4.77 Å². The molecule has 1 aliphatic rings. The smallest absolute Gasteiger partial charge is 0.216 e. The highest BCUT2D eigenvalue weighted by Crippen LogP contribution is 2.29. The lowest BCUT2D eigenvalue weighted by Gasteiger charge is -1.99. The van der Waals surface area contributed by atoms with Crippen LogP contribution >= 0.6 is 39.5 Å². The maximum atomic E-state index is 5.28. The van der Waals surface area contributed by atoms with Crippen molar-refractivity contribution >= 4 is 45.7 Å². The van der Waals surface area contributed by atoms with Gasteiger partial charge in [-0.3, -0.25) is 5.10 Å². The minimum absolute atomic E-state index is 0.455. The van der Waals surface area contributed by atoms with Crippen LogP contribution in [-0.4, -0.2) is 31.3 Å². The van der Waals surface area contributed by atoms with Crippen LogP contribution < -0.4 is 0 Å². The third-order valence-electron chi connectivity index (χ3n) is 3.56. The summed E-state index contributed by atoms with van der Waals surface area (Å²) in [6, 6.07) is 3.98. The lowest BCUT2D eigenvalue weighted by molar-refractivity contribution is 0.844. The molecule has 0 unspecified atom stereocenters. The van der Waals surface area contributed by atoms with Crippen LogP contribution in [0.1, 0.15) is 22.6 Å². The average molecular weight is 395 g/mol. The van der Waals surface area contributed by atoms with Gasteiger partial charge in [0.05, 0.1) is 10.0 Å². The highest BCUT2D eigenvalue weighted by atomic mass is 79.9. The Balaban J connectivity index is 1.76. The van der Waals surface area contributed by atoms with Crippen molar-refractivity contribution < 1.29 is 0 Å². The number of aromatic nitrogens is 5. The van der Waals surface area contributed by atoms with Gasteiger partial charge in [-0.2, -0.15) is 20.0 Å². The topological polar surface area (TPSA) is 74.7 Å². The summed E-state index contributed by atoms with van der Waals surface area (Å²) in [6.45, 7) is 0.